The molecule has 0 amide bonds. The van der Waals surface area contributed by atoms with E-state index in [9.17, 15) is 0 Å². The van der Waals surface area contributed by atoms with Gasteiger partial charge in [-0.25, -0.2) is 9.97 Å². The minimum absolute atomic E-state index is 0.505. The Morgan fingerprint density at radius 2 is 2.18 bits per heavy atom. The zero-order valence-corrected chi connectivity index (χ0v) is 10.9. The molecule has 90 valence electrons. The van der Waals surface area contributed by atoms with Crippen molar-refractivity contribution in [3.8, 4) is 5.82 Å². The van der Waals surface area contributed by atoms with Crippen LogP contribution < -0.4 is 0 Å². The van der Waals surface area contributed by atoms with Gasteiger partial charge in [-0.05, 0) is 25.0 Å². The van der Waals surface area contributed by atoms with Crippen molar-refractivity contribution in [1.82, 2.24) is 14.5 Å². The Balaban J connectivity index is 2.39. The van der Waals surface area contributed by atoms with Crippen LogP contribution >= 0.6 is 11.6 Å². The van der Waals surface area contributed by atoms with Crippen molar-refractivity contribution < 1.29 is 0 Å². The average Bonchev–Trinajstić information content (AvgIpc) is 2.78. The second-order valence-corrected chi connectivity index (χ2v) is 4.28. The van der Waals surface area contributed by atoms with Crippen LogP contribution in [0.3, 0.4) is 0 Å². The van der Waals surface area contributed by atoms with Crippen molar-refractivity contribution in [2.75, 3.05) is 0 Å². The summed E-state index contributed by atoms with van der Waals surface area (Å²) in [7, 11) is 0. The summed E-state index contributed by atoms with van der Waals surface area (Å²) in [5.41, 5.74) is 2.06. The number of pyridine rings is 1. The van der Waals surface area contributed by atoms with Crippen LogP contribution in [0.4, 0.5) is 0 Å². The first-order valence-electron chi connectivity index (χ1n) is 5.81. The minimum Gasteiger partial charge on any atom is -0.288 e. The second kappa shape index (κ2) is 5.32. The normalized spacial score (nSPS) is 10.8. The number of hydrogen-bond donors (Lipinski definition) is 0. The van der Waals surface area contributed by atoms with E-state index in [0.29, 0.717) is 5.88 Å². The van der Waals surface area contributed by atoms with Gasteiger partial charge in [0.15, 0.2) is 0 Å². The van der Waals surface area contributed by atoms with Crippen molar-refractivity contribution in [3.63, 3.8) is 0 Å². The predicted octanol–water partition coefficient (Wildman–Crippen LogP) is 3.27. The smallest absolute Gasteiger partial charge is 0.138 e. The fourth-order valence-corrected chi connectivity index (χ4v) is 2.09. The number of hydrogen-bond acceptors (Lipinski definition) is 2. The zero-order valence-electron chi connectivity index (χ0n) is 10.2. The highest BCUT2D eigenvalue weighted by Gasteiger charge is 2.06. The molecule has 2 heterocycles. The van der Waals surface area contributed by atoms with Gasteiger partial charge in [0.1, 0.15) is 11.6 Å². The Bertz CT molecular complexity index is 505. The molecule has 0 aromatic carbocycles. The van der Waals surface area contributed by atoms with E-state index in [4.69, 9.17) is 11.6 Å². The number of nitrogens with zero attached hydrogens (tertiary/aromatic N) is 3. The van der Waals surface area contributed by atoms with Gasteiger partial charge in [0.25, 0.3) is 0 Å². The third-order valence-corrected chi connectivity index (χ3v) is 3.05. The summed E-state index contributed by atoms with van der Waals surface area (Å²) in [5.74, 6) is 2.47. The fraction of sp³-hybridized carbons (Fsp3) is 0.385. The largest absolute Gasteiger partial charge is 0.288 e. The zero-order chi connectivity index (χ0) is 12.3. The highest BCUT2D eigenvalue weighted by Crippen LogP contribution is 2.14. The van der Waals surface area contributed by atoms with Crippen LogP contribution in [0.5, 0.6) is 0 Å². The van der Waals surface area contributed by atoms with Crippen molar-refractivity contribution in [1.29, 1.82) is 0 Å². The summed E-state index contributed by atoms with van der Waals surface area (Å²) < 4.78 is 2.04. The number of alkyl halides is 1. The van der Waals surface area contributed by atoms with Crippen LogP contribution in [0.1, 0.15) is 30.4 Å². The summed E-state index contributed by atoms with van der Waals surface area (Å²) in [6.07, 6.45) is 5.81. The molecular weight excluding hydrogens is 234 g/mol. The van der Waals surface area contributed by atoms with Crippen LogP contribution in [0, 0.1) is 6.92 Å². The summed E-state index contributed by atoms with van der Waals surface area (Å²) in [6, 6.07) is 4.02. The van der Waals surface area contributed by atoms with Crippen molar-refractivity contribution in [2.24, 2.45) is 0 Å². The number of rotatable bonds is 4. The Kier molecular flexibility index (Phi) is 3.79. The maximum absolute atomic E-state index is 5.83. The lowest BCUT2D eigenvalue weighted by Crippen LogP contribution is -2.04. The standard InChI is InChI=1S/C13H16ClN3/c1-3-4-12-15-7-8-17(12)13-6-5-11(9-14)10(2)16-13/h5-8H,3-4,9H2,1-2H3. The molecule has 2 aromatic heterocycles. The summed E-state index contributed by atoms with van der Waals surface area (Å²) in [4.78, 5) is 8.92. The van der Waals surface area contributed by atoms with Gasteiger partial charge in [-0.1, -0.05) is 13.0 Å². The lowest BCUT2D eigenvalue weighted by molar-refractivity contribution is 0.795. The van der Waals surface area contributed by atoms with Gasteiger partial charge in [0.05, 0.1) is 0 Å². The maximum atomic E-state index is 5.83. The molecule has 0 aliphatic carbocycles. The van der Waals surface area contributed by atoms with E-state index >= 15 is 0 Å². The average molecular weight is 250 g/mol. The van der Waals surface area contributed by atoms with Crippen LogP contribution in [-0.4, -0.2) is 14.5 Å². The first-order valence-corrected chi connectivity index (χ1v) is 6.34. The molecule has 0 atom stereocenters. The molecule has 0 saturated carbocycles. The first-order chi connectivity index (χ1) is 8.26. The molecule has 0 radical (unpaired) electrons. The first kappa shape index (κ1) is 12.1. The predicted molar refractivity (Wildman–Crippen MR) is 69.6 cm³/mol. The van der Waals surface area contributed by atoms with E-state index in [2.05, 4.69) is 16.9 Å². The van der Waals surface area contributed by atoms with Gasteiger partial charge < -0.3 is 0 Å². The van der Waals surface area contributed by atoms with Gasteiger partial charge in [-0.2, -0.15) is 0 Å². The van der Waals surface area contributed by atoms with E-state index in [1.807, 2.05) is 36.0 Å². The molecule has 4 heteroatoms. The molecule has 0 spiro atoms. The molecule has 0 N–H and O–H groups in total. The second-order valence-electron chi connectivity index (χ2n) is 4.01. The number of aromatic nitrogens is 3. The lowest BCUT2D eigenvalue weighted by atomic mass is 10.2. The summed E-state index contributed by atoms with van der Waals surface area (Å²) in [5, 5.41) is 0. The van der Waals surface area contributed by atoms with Crippen LogP contribution in [0.25, 0.3) is 5.82 Å². The fourth-order valence-electron chi connectivity index (χ4n) is 1.80. The third-order valence-electron chi connectivity index (χ3n) is 2.76. The van der Waals surface area contributed by atoms with Crippen molar-refractivity contribution in [2.45, 2.75) is 32.6 Å². The third kappa shape index (κ3) is 2.50. The molecule has 0 aliphatic heterocycles. The molecule has 0 bridgehead atoms. The van der Waals surface area contributed by atoms with E-state index in [-0.39, 0.29) is 0 Å². The SMILES string of the molecule is CCCc1nccn1-c1ccc(CCl)c(C)n1. The molecule has 0 unspecified atom stereocenters. The molecule has 17 heavy (non-hydrogen) atoms. The van der Waals surface area contributed by atoms with E-state index in [0.717, 1.165) is 35.7 Å². The topological polar surface area (TPSA) is 30.7 Å². The minimum atomic E-state index is 0.505. The van der Waals surface area contributed by atoms with Gasteiger partial charge in [-0.3, -0.25) is 4.57 Å². The Morgan fingerprint density at radius 1 is 1.35 bits per heavy atom. The summed E-state index contributed by atoms with van der Waals surface area (Å²) >= 11 is 5.83. The van der Waals surface area contributed by atoms with E-state index in [1.54, 1.807) is 0 Å². The molecule has 0 fully saturated rings. The number of aryl methyl sites for hydroxylation is 2. The van der Waals surface area contributed by atoms with Crippen molar-refractivity contribution in [3.05, 3.63) is 41.6 Å². The molecule has 3 nitrogen and oxygen atoms in total. The van der Waals surface area contributed by atoms with Gasteiger partial charge in [0, 0.05) is 30.4 Å². The Hall–Kier alpha value is -1.35. The molecule has 2 aromatic rings. The van der Waals surface area contributed by atoms with Gasteiger partial charge >= 0.3 is 0 Å². The molecule has 0 aliphatic rings. The monoisotopic (exact) mass is 249 g/mol. The Labute approximate surface area is 106 Å². The van der Waals surface area contributed by atoms with E-state index < -0.39 is 0 Å². The van der Waals surface area contributed by atoms with Crippen LogP contribution in [-0.2, 0) is 12.3 Å². The molecule has 2 rings (SSSR count). The van der Waals surface area contributed by atoms with Crippen LogP contribution in [0.2, 0.25) is 0 Å². The van der Waals surface area contributed by atoms with Crippen LogP contribution in [0.15, 0.2) is 24.5 Å². The van der Waals surface area contributed by atoms with Gasteiger partial charge in [-0.15, -0.1) is 11.6 Å². The highest BCUT2D eigenvalue weighted by atomic mass is 35.5. The summed E-state index contributed by atoms with van der Waals surface area (Å²) in [6.45, 7) is 4.13. The van der Waals surface area contributed by atoms with Crippen molar-refractivity contribution >= 4 is 11.6 Å². The molecular formula is C13H16ClN3. The Morgan fingerprint density at radius 3 is 2.82 bits per heavy atom. The number of halogens is 1. The maximum Gasteiger partial charge on any atom is 0.138 e. The highest BCUT2D eigenvalue weighted by molar-refractivity contribution is 6.17. The lowest BCUT2D eigenvalue weighted by Gasteiger charge is -2.08. The number of imidazole rings is 1. The quantitative estimate of drug-likeness (QED) is 0.779. The molecule has 0 saturated heterocycles. The van der Waals surface area contributed by atoms with Gasteiger partial charge in [0.2, 0.25) is 0 Å². The van der Waals surface area contributed by atoms with E-state index in [1.165, 1.54) is 0 Å².